The molecule has 0 spiro atoms. The van der Waals surface area contributed by atoms with Gasteiger partial charge in [0.15, 0.2) is 6.10 Å². The van der Waals surface area contributed by atoms with Crippen LogP contribution in [0.2, 0.25) is 5.02 Å². The van der Waals surface area contributed by atoms with E-state index >= 15 is 0 Å². The number of non-ortho nitro benzene ring substituents is 1. The van der Waals surface area contributed by atoms with Crippen LogP contribution in [0.5, 0.6) is 0 Å². The molecule has 1 aliphatic rings. The van der Waals surface area contributed by atoms with E-state index in [1.807, 2.05) is 18.2 Å². The van der Waals surface area contributed by atoms with Gasteiger partial charge in [0.1, 0.15) is 0 Å². The molecule has 2 aromatic carbocycles. The summed E-state index contributed by atoms with van der Waals surface area (Å²) in [6.45, 7) is 2.20. The summed E-state index contributed by atoms with van der Waals surface area (Å²) in [6, 6.07) is 12.5. The van der Waals surface area contributed by atoms with Crippen molar-refractivity contribution in [2.45, 2.75) is 25.9 Å². The Labute approximate surface area is 195 Å². The molecule has 3 amide bonds. The van der Waals surface area contributed by atoms with Gasteiger partial charge in [-0.25, -0.2) is 4.79 Å². The predicted molar refractivity (Wildman–Crippen MR) is 122 cm³/mol. The molecule has 3 rings (SSSR count). The number of rotatable bonds is 6. The molecular formula is C22H23ClN4O6. The molecule has 1 atom stereocenters. The molecule has 1 fully saturated rings. The highest BCUT2D eigenvalue weighted by molar-refractivity contribution is 6.34. The van der Waals surface area contributed by atoms with Gasteiger partial charge in [0.2, 0.25) is 0 Å². The lowest BCUT2D eigenvalue weighted by Gasteiger charge is -2.31. The van der Waals surface area contributed by atoms with Crippen molar-refractivity contribution in [2.75, 3.05) is 23.7 Å². The van der Waals surface area contributed by atoms with Crippen molar-refractivity contribution in [2.24, 2.45) is 5.92 Å². The zero-order valence-electron chi connectivity index (χ0n) is 17.8. The topological polar surface area (TPSA) is 131 Å². The number of piperidine rings is 1. The van der Waals surface area contributed by atoms with E-state index in [9.17, 15) is 24.5 Å². The fraction of sp³-hybridized carbons (Fsp3) is 0.318. The number of urea groups is 1. The third-order valence-corrected chi connectivity index (χ3v) is 5.54. The average Bonchev–Trinajstić information content (AvgIpc) is 2.80. The van der Waals surface area contributed by atoms with E-state index in [4.69, 9.17) is 16.3 Å². The van der Waals surface area contributed by atoms with Crippen LogP contribution in [0.15, 0.2) is 48.5 Å². The molecule has 174 valence electrons. The number of ether oxygens (including phenoxy) is 1. The molecule has 0 unspecified atom stereocenters. The van der Waals surface area contributed by atoms with Crippen LogP contribution in [0.25, 0.3) is 0 Å². The molecular weight excluding hydrogens is 452 g/mol. The first-order valence-corrected chi connectivity index (χ1v) is 10.7. The van der Waals surface area contributed by atoms with E-state index in [2.05, 4.69) is 10.6 Å². The number of nitro groups is 1. The number of likely N-dealkylation sites (tertiary alicyclic amines) is 1. The molecule has 2 aromatic rings. The first-order chi connectivity index (χ1) is 15.7. The maximum atomic E-state index is 12.5. The van der Waals surface area contributed by atoms with E-state index in [0.29, 0.717) is 31.6 Å². The average molecular weight is 475 g/mol. The minimum Gasteiger partial charge on any atom is -0.452 e. The highest BCUT2D eigenvalue weighted by atomic mass is 35.5. The molecule has 33 heavy (non-hydrogen) atoms. The van der Waals surface area contributed by atoms with Gasteiger partial charge < -0.3 is 20.3 Å². The first-order valence-electron chi connectivity index (χ1n) is 10.3. The third-order valence-electron chi connectivity index (χ3n) is 5.22. The van der Waals surface area contributed by atoms with E-state index in [1.165, 1.54) is 19.1 Å². The number of amides is 3. The number of para-hydroxylation sites is 1. The van der Waals surface area contributed by atoms with E-state index in [1.54, 1.807) is 17.0 Å². The molecule has 0 aromatic heterocycles. The Morgan fingerprint density at radius 3 is 2.39 bits per heavy atom. The van der Waals surface area contributed by atoms with Crippen molar-refractivity contribution < 1.29 is 24.0 Å². The number of carbonyl (C=O) groups is 3. The van der Waals surface area contributed by atoms with Gasteiger partial charge in [-0.3, -0.25) is 19.7 Å². The highest BCUT2D eigenvalue weighted by Gasteiger charge is 2.30. The molecule has 0 radical (unpaired) electrons. The van der Waals surface area contributed by atoms with Crippen LogP contribution >= 0.6 is 11.6 Å². The minimum absolute atomic E-state index is 0.00257. The van der Waals surface area contributed by atoms with Crippen LogP contribution in [0.4, 0.5) is 21.9 Å². The Bertz CT molecular complexity index is 1040. The third kappa shape index (κ3) is 6.42. The molecule has 1 heterocycles. The number of nitrogens with zero attached hydrogens (tertiary/aromatic N) is 2. The second kappa shape index (κ2) is 10.8. The Kier molecular flexibility index (Phi) is 7.83. The summed E-state index contributed by atoms with van der Waals surface area (Å²) in [4.78, 5) is 49.1. The summed E-state index contributed by atoms with van der Waals surface area (Å²) in [6.07, 6.45) is -0.254. The van der Waals surface area contributed by atoms with Gasteiger partial charge in [-0.15, -0.1) is 0 Å². The number of anilines is 2. The van der Waals surface area contributed by atoms with Gasteiger partial charge in [0.25, 0.3) is 11.6 Å². The predicted octanol–water partition coefficient (Wildman–Crippen LogP) is 4.06. The second-order valence-electron chi connectivity index (χ2n) is 7.55. The van der Waals surface area contributed by atoms with Gasteiger partial charge in [-0.2, -0.15) is 0 Å². The van der Waals surface area contributed by atoms with Crippen LogP contribution in [0.1, 0.15) is 19.8 Å². The van der Waals surface area contributed by atoms with Crippen molar-refractivity contribution in [1.29, 1.82) is 0 Å². The lowest BCUT2D eigenvalue weighted by atomic mass is 9.97. The highest BCUT2D eigenvalue weighted by Crippen LogP contribution is 2.27. The number of benzene rings is 2. The van der Waals surface area contributed by atoms with Crippen molar-refractivity contribution in [3.05, 3.63) is 63.7 Å². The van der Waals surface area contributed by atoms with Crippen molar-refractivity contribution >= 4 is 46.6 Å². The largest absolute Gasteiger partial charge is 0.452 e. The number of hydrogen-bond acceptors (Lipinski definition) is 6. The maximum absolute atomic E-state index is 12.5. The number of nitro benzene ring substituents is 1. The van der Waals surface area contributed by atoms with E-state index in [0.717, 1.165) is 6.07 Å². The van der Waals surface area contributed by atoms with Gasteiger partial charge in [0.05, 0.1) is 21.6 Å². The normalized spacial score (nSPS) is 14.8. The summed E-state index contributed by atoms with van der Waals surface area (Å²) in [5.41, 5.74) is 0.658. The molecule has 11 heteroatoms. The maximum Gasteiger partial charge on any atom is 0.321 e. The van der Waals surface area contributed by atoms with E-state index in [-0.39, 0.29) is 22.4 Å². The van der Waals surface area contributed by atoms with Crippen LogP contribution < -0.4 is 10.6 Å². The number of hydrogen-bond donors (Lipinski definition) is 2. The summed E-state index contributed by atoms with van der Waals surface area (Å²) >= 11 is 5.98. The monoisotopic (exact) mass is 474 g/mol. The SMILES string of the molecule is C[C@H](OC(=O)C1CCN(C(=O)Nc2ccccc2)CC1)C(=O)Nc1ccc([N+](=O)[O-])cc1Cl. The quantitative estimate of drug-likeness (QED) is 0.368. The van der Waals surface area contributed by atoms with Gasteiger partial charge >= 0.3 is 12.0 Å². The van der Waals surface area contributed by atoms with Crippen molar-refractivity contribution in [1.82, 2.24) is 4.90 Å². The Balaban J connectivity index is 1.46. The molecule has 2 N–H and O–H groups in total. The lowest BCUT2D eigenvalue weighted by molar-refractivity contribution is -0.384. The molecule has 1 saturated heterocycles. The summed E-state index contributed by atoms with van der Waals surface area (Å²) in [5, 5.41) is 16.1. The molecule has 0 aliphatic carbocycles. The summed E-state index contributed by atoms with van der Waals surface area (Å²) < 4.78 is 5.30. The Hall–Kier alpha value is -3.66. The number of esters is 1. The van der Waals surface area contributed by atoms with Gasteiger partial charge in [0, 0.05) is 30.9 Å². The smallest absolute Gasteiger partial charge is 0.321 e. The van der Waals surface area contributed by atoms with Crippen molar-refractivity contribution in [3.8, 4) is 0 Å². The van der Waals surface area contributed by atoms with Gasteiger partial charge in [-0.05, 0) is 38.0 Å². The number of nitrogens with one attached hydrogen (secondary N) is 2. The molecule has 10 nitrogen and oxygen atoms in total. The van der Waals surface area contributed by atoms with Crippen LogP contribution in [-0.2, 0) is 14.3 Å². The molecule has 0 bridgehead atoms. The van der Waals surface area contributed by atoms with Crippen LogP contribution in [-0.4, -0.2) is 46.9 Å². The van der Waals surface area contributed by atoms with E-state index < -0.39 is 28.8 Å². The minimum atomic E-state index is -1.09. The fourth-order valence-electron chi connectivity index (χ4n) is 3.32. The fourth-order valence-corrected chi connectivity index (χ4v) is 3.54. The molecule has 1 aliphatic heterocycles. The number of carbonyl (C=O) groups excluding carboxylic acids is 3. The molecule has 0 saturated carbocycles. The van der Waals surface area contributed by atoms with Crippen molar-refractivity contribution in [3.63, 3.8) is 0 Å². The first kappa shape index (κ1) is 24.0. The summed E-state index contributed by atoms with van der Waals surface area (Å²) in [5.74, 6) is -1.56. The van der Waals surface area contributed by atoms with Gasteiger partial charge in [-0.1, -0.05) is 29.8 Å². The lowest BCUT2D eigenvalue weighted by Crippen LogP contribution is -2.43. The zero-order chi connectivity index (χ0) is 24.0. The second-order valence-corrected chi connectivity index (χ2v) is 7.95. The zero-order valence-corrected chi connectivity index (χ0v) is 18.6. The Morgan fingerprint density at radius 2 is 1.79 bits per heavy atom. The standard InChI is InChI=1S/C22H23ClN4O6/c1-14(20(28)25-19-8-7-17(27(31)32)13-18(19)23)33-21(29)15-9-11-26(12-10-15)22(30)24-16-5-3-2-4-6-16/h2-8,13-15H,9-12H2,1H3,(H,24,30)(H,25,28)/t14-/m0/s1. The van der Waals surface area contributed by atoms with Crippen LogP contribution in [0.3, 0.4) is 0 Å². The summed E-state index contributed by atoms with van der Waals surface area (Å²) in [7, 11) is 0. The number of halogens is 1. The Morgan fingerprint density at radius 1 is 1.12 bits per heavy atom. The van der Waals surface area contributed by atoms with Crippen LogP contribution in [0, 0.1) is 16.0 Å².